The molecular formula is C52H68N12. The van der Waals surface area contributed by atoms with Crippen LogP contribution in [0.4, 0.5) is 0 Å². The monoisotopic (exact) mass is 861 g/mol. The van der Waals surface area contributed by atoms with Crippen molar-refractivity contribution in [3.05, 3.63) is 70.8 Å². The minimum Gasteiger partial charge on any atom is -0.355 e. The Bertz CT molecular complexity index is 2490. The van der Waals surface area contributed by atoms with Crippen LogP contribution in [0.3, 0.4) is 0 Å². The Kier molecular flexibility index (Phi) is 9.84. The van der Waals surface area contributed by atoms with Crippen molar-refractivity contribution < 1.29 is 0 Å². The maximum atomic E-state index is 5.11. The Labute approximate surface area is 377 Å². The maximum Gasteiger partial charge on any atom is 0.0659 e. The fourth-order valence-electron chi connectivity index (χ4n) is 15.8. The van der Waals surface area contributed by atoms with Crippen molar-refractivity contribution in [1.82, 2.24) is 62.5 Å². The average Bonchev–Trinajstić information content (AvgIpc) is 4.20. The molecule has 5 saturated heterocycles. The van der Waals surface area contributed by atoms with Crippen molar-refractivity contribution >= 4 is 46.4 Å². The van der Waals surface area contributed by atoms with E-state index in [4.69, 9.17) is 9.97 Å². The van der Waals surface area contributed by atoms with Crippen LogP contribution in [0.1, 0.15) is 131 Å². The summed E-state index contributed by atoms with van der Waals surface area (Å²) in [5.74, 6) is 5.22. The van der Waals surface area contributed by atoms with Gasteiger partial charge < -0.3 is 9.97 Å². The van der Waals surface area contributed by atoms with Crippen LogP contribution in [0, 0.1) is 47.3 Å². The van der Waals surface area contributed by atoms with Gasteiger partial charge in [-0.15, -0.1) is 0 Å². The first kappa shape index (κ1) is 39.4. The summed E-state index contributed by atoms with van der Waals surface area (Å²) in [6.07, 6.45) is 30.4. The zero-order valence-electron chi connectivity index (χ0n) is 37.2. The number of H-pyrrole nitrogens is 2. The number of nitrogens with zero attached hydrogens (tertiary/aromatic N) is 2. The maximum absolute atomic E-state index is 5.11. The lowest BCUT2D eigenvalue weighted by Crippen LogP contribution is -2.61. The summed E-state index contributed by atoms with van der Waals surface area (Å²) in [4.78, 5) is 17.6. The molecule has 64 heavy (non-hydrogen) atoms. The van der Waals surface area contributed by atoms with E-state index in [0.29, 0.717) is 84.1 Å². The molecule has 12 nitrogen and oxygen atoms in total. The van der Waals surface area contributed by atoms with Gasteiger partial charge in [-0.3, -0.25) is 42.5 Å². The van der Waals surface area contributed by atoms with Crippen LogP contribution in [0.15, 0.2) is 42.5 Å². The smallest absolute Gasteiger partial charge is 0.0659 e. The summed E-state index contributed by atoms with van der Waals surface area (Å²) in [5, 5.41) is 34.7. The molecule has 0 spiro atoms. The lowest BCUT2D eigenvalue weighted by Gasteiger charge is -2.39. The molecule has 9 fully saturated rings. The van der Waals surface area contributed by atoms with Crippen LogP contribution in [0.5, 0.6) is 0 Å². The summed E-state index contributed by atoms with van der Waals surface area (Å²) in [6.45, 7) is 0. The molecule has 3 aromatic rings. The minimum absolute atomic E-state index is 0.173. The molecule has 16 bridgehead atoms. The number of fused-ring (bicyclic) bond motifs is 28. The highest BCUT2D eigenvalue weighted by Gasteiger charge is 2.56. The third kappa shape index (κ3) is 6.92. The van der Waals surface area contributed by atoms with E-state index < -0.39 is 0 Å². The molecule has 0 amide bonds. The van der Waals surface area contributed by atoms with E-state index >= 15 is 0 Å². The predicted octanol–water partition coefficient (Wildman–Crippen LogP) is 6.97. The van der Waals surface area contributed by atoms with Crippen molar-refractivity contribution in [3.63, 3.8) is 0 Å². The summed E-state index contributed by atoms with van der Waals surface area (Å²) in [7, 11) is 0. The van der Waals surface area contributed by atoms with Gasteiger partial charge in [0.1, 0.15) is 0 Å². The SMILES string of the molecule is C1=Cc2cc3ccc(cc4cc(C5CCCC6C7NC8NC(NC9NC(NC%10NC(NC(N7)C56)C5CCCCC%105)C5CCCCC95)C5CCCCC85)c(cc5nc(cc1n2)C=C5)[nH]4)[nH]3. The van der Waals surface area contributed by atoms with Gasteiger partial charge in [-0.1, -0.05) is 44.9 Å². The van der Waals surface area contributed by atoms with Crippen LogP contribution in [0.25, 0.3) is 46.4 Å². The van der Waals surface area contributed by atoms with Crippen molar-refractivity contribution in [1.29, 1.82) is 0 Å². The van der Waals surface area contributed by atoms with Crippen molar-refractivity contribution in [2.24, 2.45) is 47.3 Å². The molecule has 17 atom stereocenters. The van der Waals surface area contributed by atoms with Gasteiger partial charge in [-0.2, -0.15) is 0 Å². The van der Waals surface area contributed by atoms with E-state index in [0.717, 1.165) is 39.3 Å². The average molecular weight is 861 g/mol. The summed E-state index contributed by atoms with van der Waals surface area (Å²) in [5.41, 5.74) is 9.67. The lowest BCUT2D eigenvalue weighted by atomic mass is 9.69. The number of aromatic amines is 2. The number of rotatable bonds is 1. The predicted molar refractivity (Wildman–Crippen MR) is 254 cm³/mol. The van der Waals surface area contributed by atoms with Crippen LogP contribution in [-0.4, -0.2) is 69.3 Å². The zero-order chi connectivity index (χ0) is 41.9. The molecule has 10 heterocycles. The first-order valence-electron chi connectivity index (χ1n) is 25.8. The molecule has 0 aromatic carbocycles. The molecular weight excluding hydrogens is 793 g/mol. The quantitative estimate of drug-likeness (QED) is 0.0856. The Balaban J connectivity index is 0.865. The van der Waals surface area contributed by atoms with E-state index in [2.05, 4.69) is 119 Å². The van der Waals surface area contributed by atoms with Gasteiger partial charge in [0.15, 0.2) is 0 Å². The van der Waals surface area contributed by atoms with Crippen molar-refractivity contribution in [3.8, 4) is 0 Å². The van der Waals surface area contributed by atoms with Gasteiger partial charge in [0.2, 0.25) is 0 Å². The van der Waals surface area contributed by atoms with Crippen LogP contribution >= 0.6 is 0 Å². The van der Waals surface area contributed by atoms with E-state index in [9.17, 15) is 0 Å². The third-order valence-electron chi connectivity index (χ3n) is 18.5. The van der Waals surface area contributed by atoms with E-state index in [1.807, 2.05) is 0 Å². The van der Waals surface area contributed by atoms with Crippen molar-refractivity contribution in [2.45, 2.75) is 152 Å². The van der Waals surface area contributed by atoms with Crippen LogP contribution in [-0.2, 0) is 0 Å². The highest BCUT2D eigenvalue weighted by Crippen LogP contribution is 2.50. The fraction of sp³-hybridized carbons (Fsp3) is 0.615. The molecule has 14 rings (SSSR count). The van der Waals surface area contributed by atoms with Crippen molar-refractivity contribution in [2.75, 3.05) is 0 Å². The van der Waals surface area contributed by atoms with Gasteiger partial charge in [-0.25, -0.2) is 9.97 Å². The number of aromatic nitrogens is 4. The normalized spacial score (nSPS) is 42.2. The number of nitrogens with one attached hydrogen (secondary N) is 10. The molecule has 17 unspecified atom stereocenters. The van der Waals surface area contributed by atoms with E-state index in [1.165, 1.54) is 107 Å². The number of hydrogen-bond acceptors (Lipinski definition) is 10. The lowest BCUT2D eigenvalue weighted by molar-refractivity contribution is 0.156. The molecule has 3 aromatic heterocycles. The molecule has 10 N–H and O–H groups in total. The molecule has 12 heteroatoms. The summed E-state index contributed by atoms with van der Waals surface area (Å²) < 4.78 is 0. The Morgan fingerprint density at radius 2 is 0.750 bits per heavy atom. The summed E-state index contributed by atoms with van der Waals surface area (Å²) >= 11 is 0. The standard InChI is InChI=1S/C52H68N12/c1-2-9-36-35(8-1)45-57-46(36)59-48-39-12-5-6-13-40(39)50(61-48)63-52-44-34(14-7-15-41(44)51(64-52)62-49-38-11-4-3-10-37(38)47(58-45)60-49)42-25-33-24-31-19-18-29(54-31)22-27-16-17-28(53-27)23-30-20-21-32(55-30)26-43(42)56-33/h16-26,34-41,44-52,54,56-64H,1-15H2. The third-order valence-corrected chi connectivity index (χ3v) is 18.5. The highest BCUT2D eigenvalue weighted by molar-refractivity contribution is 5.78. The van der Waals surface area contributed by atoms with Gasteiger partial charge >= 0.3 is 0 Å². The highest BCUT2D eigenvalue weighted by atomic mass is 15.4. The van der Waals surface area contributed by atoms with E-state index in [1.54, 1.807) is 0 Å². The molecule has 0 radical (unpaired) electrons. The van der Waals surface area contributed by atoms with Gasteiger partial charge in [0.25, 0.3) is 0 Å². The van der Waals surface area contributed by atoms with Gasteiger partial charge in [-0.05, 0) is 177 Å². The molecule has 336 valence electrons. The van der Waals surface area contributed by atoms with Gasteiger partial charge in [0.05, 0.1) is 72.1 Å². The molecule has 4 aliphatic carbocycles. The first-order chi connectivity index (χ1) is 31.6. The van der Waals surface area contributed by atoms with E-state index in [-0.39, 0.29) is 18.5 Å². The Morgan fingerprint density at radius 3 is 1.25 bits per heavy atom. The zero-order valence-corrected chi connectivity index (χ0v) is 37.2. The second-order valence-electron chi connectivity index (χ2n) is 21.9. The minimum atomic E-state index is 0.173. The van der Waals surface area contributed by atoms with Gasteiger partial charge in [0, 0.05) is 22.1 Å². The fourth-order valence-corrected chi connectivity index (χ4v) is 15.8. The van der Waals surface area contributed by atoms with Crippen LogP contribution in [0.2, 0.25) is 0 Å². The molecule has 4 saturated carbocycles. The number of hydrogen-bond donors (Lipinski definition) is 10. The topological polar surface area (TPSA) is 154 Å². The largest absolute Gasteiger partial charge is 0.355 e. The second kappa shape index (κ2) is 16.0. The summed E-state index contributed by atoms with van der Waals surface area (Å²) in [6, 6.07) is 15.6. The second-order valence-corrected chi connectivity index (χ2v) is 21.9. The Hall–Kier alpha value is -3.72. The Morgan fingerprint density at radius 1 is 0.344 bits per heavy atom. The van der Waals surface area contributed by atoms with Crippen LogP contribution < -0.4 is 42.5 Å². The molecule has 11 aliphatic rings. The molecule has 7 aliphatic heterocycles. The first-order valence-corrected chi connectivity index (χ1v) is 25.8.